The monoisotopic (exact) mass is 354 g/mol. The van der Waals surface area contributed by atoms with Gasteiger partial charge in [0.05, 0.1) is 10.6 Å². The molecule has 0 fully saturated rings. The van der Waals surface area contributed by atoms with Crippen LogP contribution in [-0.2, 0) is 10.0 Å². The van der Waals surface area contributed by atoms with E-state index in [0.717, 1.165) is 11.1 Å². The molecule has 0 bridgehead atoms. The van der Waals surface area contributed by atoms with Crippen LogP contribution in [0.4, 0.5) is 11.4 Å². The molecular weight excluding hydrogens is 340 g/mol. The standard InChI is InChI=1S/C14H15BrN2O2S/c1-9-3-4-14(13(15)7-9)17-20(18,19)12-6-10(2)5-11(16)8-12/h3-8,17H,16H2,1-2H3. The molecule has 0 saturated carbocycles. The molecule has 0 radical (unpaired) electrons. The van der Waals surface area contributed by atoms with Crippen LogP contribution in [-0.4, -0.2) is 8.42 Å². The molecule has 2 aromatic carbocycles. The lowest BCUT2D eigenvalue weighted by molar-refractivity contribution is 0.601. The summed E-state index contributed by atoms with van der Waals surface area (Å²) in [5, 5.41) is 0. The van der Waals surface area contributed by atoms with Gasteiger partial charge in [0.1, 0.15) is 0 Å². The van der Waals surface area contributed by atoms with Crippen molar-refractivity contribution in [3.05, 3.63) is 52.0 Å². The molecule has 0 aliphatic carbocycles. The molecule has 0 spiro atoms. The first kappa shape index (κ1) is 14.9. The van der Waals surface area contributed by atoms with Crippen LogP contribution in [0.2, 0.25) is 0 Å². The maximum absolute atomic E-state index is 12.4. The van der Waals surface area contributed by atoms with Gasteiger partial charge in [-0.2, -0.15) is 0 Å². The fourth-order valence-corrected chi connectivity index (χ4v) is 3.78. The number of rotatable bonds is 3. The van der Waals surface area contributed by atoms with Gasteiger partial charge in [0.2, 0.25) is 0 Å². The summed E-state index contributed by atoms with van der Waals surface area (Å²) in [6.07, 6.45) is 0. The molecule has 0 atom stereocenters. The topological polar surface area (TPSA) is 72.2 Å². The van der Waals surface area contributed by atoms with E-state index in [1.807, 2.05) is 19.1 Å². The summed E-state index contributed by atoms with van der Waals surface area (Å²) in [5.74, 6) is 0. The normalized spacial score (nSPS) is 11.3. The molecule has 0 heterocycles. The van der Waals surface area contributed by atoms with Crippen LogP contribution in [0.15, 0.2) is 45.8 Å². The second kappa shape index (κ2) is 5.46. The molecule has 2 aromatic rings. The number of nitrogens with one attached hydrogen (secondary N) is 1. The number of sulfonamides is 1. The van der Waals surface area contributed by atoms with E-state index in [1.54, 1.807) is 25.1 Å². The van der Waals surface area contributed by atoms with Gasteiger partial charge in [-0.05, 0) is 71.2 Å². The number of anilines is 2. The Labute approximate surface area is 127 Å². The van der Waals surface area contributed by atoms with E-state index in [1.165, 1.54) is 6.07 Å². The second-order valence-electron chi connectivity index (χ2n) is 4.67. The Morgan fingerprint density at radius 2 is 1.75 bits per heavy atom. The van der Waals surface area contributed by atoms with E-state index < -0.39 is 10.0 Å². The minimum atomic E-state index is -3.65. The first-order valence-electron chi connectivity index (χ1n) is 5.94. The van der Waals surface area contributed by atoms with E-state index in [-0.39, 0.29) is 4.90 Å². The van der Waals surface area contributed by atoms with Crippen molar-refractivity contribution in [1.82, 2.24) is 0 Å². The van der Waals surface area contributed by atoms with Crippen molar-refractivity contribution >= 4 is 37.3 Å². The molecule has 106 valence electrons. The van der Waals surface area contributed by atoms with E-state index in [9.17, 15) is 8.42 Å². The maximum Gasteiger partial charge on any atom is 0.262 e. The van der Waals surface area contributed by atoms with Gasteiger partial charge in [-0.3, -0.25) is 4.72 Å². The van der Waals surface area contributed by atoms with Crippen LogP contribution < -0.4 is 10.5 Å². The molecule has 4 nitrogen and oxygen atoms in total. The first-order chi connectivity index (χ1) is 9.28. The number of nitrogens with two attached hydrogens (primary N) is 1. The van der Waals surface area contributed by atoms with Crippen molar-refractivity contribution < 1.29 is 8.42 Å². The van der Waals surface area contributed by atoms with Crippen molar-refractivity contribution in [2.45, 2.75) is 18.7 Å². The van der Waals surface area contributed by atoms with Crippen molar-refractivity contribution in [3.8, 4) is 0 Å². The van der Waals surface area contributed by atoms with Gasteiger partial charge in [0.25, 0.3) is 10.0 Å². The predicted molar refractivity (Wildman–Crippen MR) is 85.3 cm³/mol. The third-order valence-electron chi connectivity index (χ3n) is 2.75. The number of hydrogen-bond donors (Lipinski definition) is 2. The fourth-order valence-electron chi connectivity index (χ4n) is 1.84. The van der Waals surface area contributed by atoms with Gasteiger partial charge in [-0.15, -0.1) is 0 Å². The lowest BCUT2D eigenvalue weighted by Crippen LogP contribution is -2.14. The SMILES string of the molecule is Cc1cc(N)cc(S(=O)(=O)Nc2ccc(C)cc2Br)c1. The van der Waals surface area contributed by atoms with Gasteiger partial charge >= 0.3 is 0 Å². The summed E-state index contributed by atoms with van der Waals surface area (Å²) in [4.78, 5) is 0.155. The van der Waals surface area contributed by atoms with E-state index in [2.05, 4.69) is 20.7 Å². The lowest BCUT2D eigenvalue weighted by atomic mass is 10.2. The minimum absolute atomic E-state index is 0.155. The molecule has 2 rings (SSSR count). The first-order valence-corrected chi connectivity index (χ1v) is 8.22. The molecule has 20 heavy (non-hydrogen) atoms. The quantitative estimate of drug-likeness (QED) is 0.829. The summed E-state index contributed by atoms with van der Waals surface area (Å²) in [6, 6.07) is 10.2. The number of benzene rings is 2. The van der Waals surface area contributed by atoms with Crippen LogP contribution in [0.1, 0.15) is 11.1 Å². The van der Waals surface area contributed by atoms with Crippen LogP contribution in [0, 0.1) is 13.8 Å². The highest BCUT2D eigenvalue weighted by Crippen LogP contribution is 2.26. The van der Waals surface area contributed by atoms with Crippen molar-refractivity contribution in [2.75, 3.05) is 10.5 Å². The van der Waals surface area contributed by atoms with Gasteiger partial charge in [0.15, 0.2) is 0 Å². The van der Waals surface area contributed by atoms with Crippen LogP contribution in [0.3, 0.4) is 0 Å². The van der Waals surface area contributed by atoms with Gasteiger partial charge in [-0.25, -0.2) is 8.42 Å². The van der Waals surface area contributed by atoms with Gasteiger partial charge < -0.3 is 5.73 Å². The highest BCUT2D eigenvalue weighted by atomic mass is 79.9. The summed E-state index contributed by atoms with van der Waals surface area (Å²) in [5.41, 5.74) is 8.46. The number of aryl methyl sites for hydroxylation is 2. The van der Waals surface area contributed by atoms with Crippen LogP contribution in [0.5, 0.6) is 0 Å². The number of nitrogen functional groups attached to an aromatic ring is 1. The van der Waals surface area contributed by atoms with Gasteiger partial charge in [0, 0.05) is 10.2 Å². The Morgan fingerprint density at radius 1 is 1.05 bits per heavy atom. The van der Waals surface area contributed by atoms with Crippen LogP contribution in [0.25, 0.3) is 0 Å². The van der Waals surface area contributed by atoms with Crippen molar-refractivity contribution in [3.63, 3.8) is 0 Å². The van der Waals surface area contributed by atoms with Gasteiger partial charge in [-0.1, -0.05) is 6.07 Å². The molecule has 0 aromatic heterocycles. The lowest BCUT2D eigenvalue weighted by Gasteiger charge is -2.11. The average Bonchev–Trinajstić information content (AvgIpc) is 2.31. The average molecular weight is 355 g/mol. The maximum atomic E-state index is 12.4. The Bertz CT molecular complexity index is 738. The second-order valence-corrected chi connectivity index (χ2v) is 7.20. The van der Waals surface area contributed by atoms with E-state index in [4.69, 9.17) is 5.73 Å². The predicted octanol–water partition coefficient (Wildman–Crippen LogP) is 3.45. The summed E-state index contributed by atoms with van der Waals surface area (Å²) < 4.78 is 28.0. The zero-order chi connectivity index (χ0) is 14.9. The molecular formula is C14H15BrN2O2S. The molecule has 3 N–H and O–H groups in total. The fraction of sp³-hybridized carbons (Fsp3) is 0.143. The Balaban J connectivity index is 2.40. The molecule has 0 saturated heterocycles. The summed E-state index contributed by atoms with van der Waals surface area (Å²) >= 11 is 3.35. The molecule has 0 unspecified atom stereocenters. The summed E-state index contributed by atoms with van der Waals surface area (Å²) in [6.45, 7) is 3.74. The largest absolute Gasteiger partial charge is 0.399 e. The Morgan fingerprint density at radius 3 is 2.35 bits per heavy atom. The zero-order valence-electron chi connectivity index (χ0n) is 11.1. The molecule has 0 aliphatic heterocycles. The Hall–Kier alpha value is -1.53. The Kier molecular flexibility index (Phi) is 4.06. The summed E-state index contributed by atoms with van der Waals surface area (Å²) in [7, 11) is -3.65. The number of halogens is 1. The number of hydrogen-bond acceptors (Lipinski definition) is 3. The van der Waals surface area contributed by atoms with E-state index >= 15 is 0 Å². The van der Waals surface area contributed by atoms with Crippen molar-refractivity contribution in [2.24, 2.45) is 0 Å². The molecule has 0 amide bonds. The minimum Gasteiger partial charge on any atom is -0.399 e. The van der Waals surface area contributed by atoms with E-state index in [0.29, 0.717) is 15.8 Å². The highest BCUT2D eigenvalue weighted by molar-refractivity contribution is 9.10. The third-order valence-corrected chi connectivity index (χ3v) is 4.75. The smallest absolute Gasteiger partial charge is 0.262 e. The third kappa shape index (κ3) is 3.32. The molecule has 6 heteroatoms. The van der Waals surface area contributed by atoms with Crippen LogP contribution >= 0.6 is 15.9 Å². The van der Waals surface area contributed by atoms with Crippen molar-refractivity contribution in [1.29, 1.82) is 0 Å². The zero-order valence-corrected chi connectivity index (χ0v) is 13.5. The molecule has 0 aliphatic rings. The highest BCUT2D eigenvalue weighted by Gasteiger charge is 2.16.